The first-order valence-corrected chi connectivity index (χ1v) is 11.6. The SMILES string of the molecule is Cc1cccc(-c2nccc(N3CCC(C(=O)N[C@H](C)CCc4ccccc4)CC3)n2)c1. The van der Waals surface area contributed by atoms with Crippen LogP contribution in [-0.2, 0) is 11.2 Å². The maximum atomic E-state index is 12.8. The number of carbonyl (C=O) groups is 1. The van der Waals surface area contributed by atoms with Gasteiger partial charge in [0.2, 0.25) is 5.91 Å². The monoisotopic (exact) mass is 428 g/mol. The number of hydrogen-bond acceptors (Lipinski definition) is 4. The van der Waals surface area contributed by atoms with Crippen molar-refractivity contribution in [2.24, 2.45) is 5.92 Å². The second-order valence-corrected chi connectivity index (χ2v) is 8.80. The van der Waals surface area contributed by atoms with Gasteiger partial charge in [0, 0.05) is 36.8 Å². The van der Waals surface area contributed by atoms with Crippen molar-refractivity contribution in [3.63, 3.8) is 0 Å². The number of hydrogen-bond donors (Lipinski definition) is 1. The van der Waals surface area contributed by atoms with E-state index in [1.165, 1.54) is 11.1 Å². The number of nitrogens with one attached hydrogen (secondary N) is 1. The first kappa shape index (κ1) is 22.0. The molecule has 1 saturated heterocycles. The van der Waals surface area contributed by atoms with Gasteiger partial charge in [-0.2, -0.15) is 0 Å². The second kappa shape index (κ2) is 10.4. The van der Waals surface area contributed by atoms with E-state index in [-0.39, 0.29) is 17.9 Å². The van der Waals surface area contributed by atoms with Gasteiger partial charge in [0.25, 0.3) is 0 Å². The van der Waals surface area contributed by atoms with Crippen molar-refractivity contribution in [1.82, 2.24) is 15.3 Å². The Bertz CT molecular complexity index is 1030. The van der Waals surface area contributed by atoms with Crippen LogP contribution < -0.4 is 10.2 Å². The summed E-state index contributed by atoms with van der Waals surface area (Å²) in [6.45, 7) is 5.84. The third-order valence-electron chi connectivity index (χ3n) is 6.20. The predicted molar refractivity (Wildman–Crippen MR) is 130 cm³/mol. The molecule has 0 bridgehead atoms. The zero-order valence-electron chi connectivity index (χ0n) is 19.0. The van der Waals surface area contributed by atoms with Crippen LogP contribution in [0.5, 0.6) is 0 Å². The van der Waals surface area contributed by atoms with Crippen LogP contribution in [0.4, 0.5) is 5.82 Å². The van der Waals surface area contributed by atoms with Gasteiger partial charge < -0.3 is 10.2 Å². The van der Waals surface area contributed by atoms with Crippen molar-refractivity contribution in [3.05, 3.63) is 78.0 Å². The van der Waals surface area contributed by atoms with Crippen molar-refractivity contribution in [1.29, 1.82) is 0 Å². The average molecular weight is 429 g/mol. The molecule has 166 valence electrons. The smallest absolute Gasteiger partial charge is 0.223 e. The number of rotatable bonds is 7. The van der Waals surface area contributed by atoms with Crippen LogP contribution in [0, 0.1) is 12.8 Å². The summed E-state index contributed by atoms with van der Waals surface area (Å²) in [5.74, 6) is 1.95. The topological polar surface area (TPSA) is 58.1 Å². The van der Waals surface area contributed by atoms with E-state index in [0.29, 0.717) is 0 Å². The average Bonchev–Trinajstić information content (AvgIpc) is 2.83. The number of benzene rings is 2. The molecule has 1 N–H and O–H groups in total. The number of aryl methyl sites for hydroxylation is 2. The van der Waals surface area contributed by atoms with Gasteiger partial charge in [-0.15, -0.1) is 0 Å². The molecule has 0 saturated carbocycles. The summed E-state index contributed by atoms with van der Waals surface area (Å²) in [6, 6.07) is 20.8. The van der Waals surface area contributed by atoms with Crippen LogP contribution in [0.1, 0.15) is 37.3 Å². The molecular weight excluding hydrogens is 396 g/mol. The number of aromatic nitrogens is 2. The normalized spacial score (nSPS) is 15.4. The third-order valence-corrected chi connectivity index (χ3v) is 6.20. The molecular formula is C27H32N4O. The predicted octanol–water partition coefficient (Wildman–Crippen LogP) is 4.81. The summed E-state index contributed by atoms with van der Waals surface area (Å²) in [7, 11) is 0. The largest absolute Gasteiger partial charge is 0.356 e. The molecule has 5 nitrogen and oxygen atoms in total. The maximum Gasteiger partial charge on any atom is 0.223 e. The van der Waals surface area contributed by atoms with Crippen molar-refractivity contribution in [2.75, 3.05) is 18.0 Å². The van der Waals surface area contributed by atoms with Gasteiger partial charge in [0.1, 0.15) is 5.82 Å². The summed E-state index contributed by atoms with van der Waals surface area (Å²) < 4.78 is 0. The lowest BCUT2D eigenvalue weighted by Gasteiger charge is -2.32. The highest BCUT2D eigenvalue weighted by Crippen LogP contribution is 2.24. The second-order valence-electron chi connectivity index (χ2n) is 8.80. The summed E-state index contributed by atoms with van der Waals surface area (Å²) in [5, 5.41) is 3.23. The van der Waals surface area contributed by atoms with E-state index < -0.39 is 0 Å². The maximum absolute atomic E-state index is 12.8. The van der Waals surface area contributed by atoms with Gasteiger partial charge in [-0.05, 0) is 57.2 Å². The quantitative estimate of drug-likeness (QED) is 0.587. The van der Waals surface area contributed by atoms with Crippen molar-refractivity contribution in [2.45, 2.75) is 45.6 Å². The van der Waals surface area contributed by atoms with Crippen molar-refractivity contribution >= 4 is 11.7 Å². The lowest BCUT2D eigenvalue weighted by Crippen LogP contribution is -2.43. The highest BCUT2D eigenvalue weighted by molar-refractivity contribution is 5.79. The Labute approximate surface area is 190 Å². The van der Waals surface area contributed by atoms with Gasteiger partial charge in [-0.3, -0.25) is 4.79 Å². The Morgan fingerprint density at radius 1 is 1.09 bits per heavy atom. The van der Waals surface area contributed by atoms with E-state index in [9.17, 15) is 4.79 Å². The molecule has 2 heterocycles. The van der Waals surface area contributed by atoms with Gasteiger partial charge in [0.05, 0.1) is 0 Å². The summed E-state index contributed by atoms with van der Waals surface area (Å²) in [6.07, 6.45) is 5.46. The molecule has 1 aliphatic rings. The van der Waals surface area contributed by atoms with Crippen LogP contribution in [0.3, 0.4) is 0 Å². The fourth-order valence-corrected chi connectivity index (χ4v) is 4.28. The fraction of sp³-hybridized carbons (Fsp3) is 0.370. The number of carbonyl (C=O) groups excluding carboxylic acids is 1. The summed E-state index contributed by atoms with van der Waals surface area (Å²) in [4.78, 5) is 24.3. The first-order valence-electron chi connectivity index (χ1n) is 11.6. The molecule has 1 aromatic heterocycles. The molecule has 2 aromatic carbocycles. The minimum atomic E-state index is 0.0727. The number of nitrogens with zero attached hydrogens (tertiary/aromatic N) is 3. The van der Waals surface area contributed by atoms with Crippen LogP contribution in [0.25, 0.3) is 11.4 Å². The van der Waals surface area contributed by atoms with Crippen LogP contribution in [-0.4, -0.2) is 35.0 Å². The molecule has 0 radical (unpaired) electrons. The fourth-order valence-electron chi connectivity index (χ4n) is 4.28. The van der Waals surface area contributed by atoms with Crippen molar-refractivity contribution in [3.8, 4) is 11.4 Å². The van der Waals surface area contributed by atoms with E-state index in [4.69, 9.17) is 4.98 Å². The molecule has 0 aliphatic carbocycles. The zero-order valence-corrected chi connectivity index (χ0v) is 19.0. The Balaban J connectivity index is 1.28. The molecule has 32 heavy (non-hydrogen) atoms. The van der Waals surface area contributed by atoms with E-state index in [1.54, 1.807) is 0 Å². The molecule has 1 fully saturated rings. The Morgan fingerprint density at radius 3 is 2.62 bits per heavy atom. The molecule has 4 rings (SSSR count). The van der Waals surface area contributed by atoms with E-state index in [2.05, 4.69) is 65.4 Å². The highest BCUT2D eigenvalue weighted by atomic mass is 16.1. The van der Waals surface area contributed by atoms with Gasteiger partial charge in [-0.1, -0.05) is 54.1 Å². The van der Waals surface area contributed by atoms with Gasteiger partial charge in [-0.25, -0.2) is 9.97 Å². The molecule has 5 heteroatoms. The first-order chi connectivity index (χ1) is 15.6. The van der Waals surface area contributed by atoms with Gasteiger partial charge >= 0.3 is 0 Å². The zero-order chi connectivity index (χ0) is 22.3. The van der Waals surface area contributed by atoms with E-state index in [1.807, 2.05) is 30.5 Å². The lowest BCUT2D eigenvalue weighted by molar-refractivity contribution is -0.126. The van der Waals surface area contributed by atoms with E-state index >= 15 is 0 Å². The molecule has 3 aromatic rings. The molecule has 0 unspecified atom stereocenters. The molecule has 1 atom stereocenters. The van der Waals surface area contributed by atoms with Gasteiger partial charge in [0.15, 0.2) is 5.82 Å². The lowest BCUT2D eigenvalue weighted by atomic mass is 9.95. The van der Waals surface area contributed by atoms with Crippen LogP contribution >= 0.6 is 0 Å². The van der Waals surface area contributed by atoms with Crippen LogP contribution in [0.15, 0.2) is 66.9 Å². The standard InChI is InChI=1S/C27H32N4O/c1-20-7-6-10-24(19-20)26-28-16-13-25(30-26)31-17-14-23(15-18-31)27(32)29-21(2)11-12-22-8-4-3-5-9-22/h3-10,13,16,19,21,23H,11-12,14-15,17-18H2,1-2H3,(H,29,32)/t21-/m1/s1. The third kappa shape index (κ3) is 5.72. The molecule has 0 spiro atoms. The van der Waals surface area contributed by atoms with E-state index in [0.717, 1.165) is 56.0 Å². The Hall–Kier alpha value is -3.21. The Morgan fingerprint density at radius 2 is 1.88 bits per heavy atom. The number of piperidine rings is 1. The summed E-state index contributed by atoms with van der Waals surface area (Å²) in [5.41, 5.74) is 3.55. The van der Waals surface area contributed by atoms with Crippen molar-refractivity contribution < 1.29 is 4.79 Å². The Kier molecular flexibility index (Phi) is 7.15. The molecule has 1 aliphatic heterocycles. The highest BCUT2D eigenvalue weighted by Gasteiger charge is 2.26. The molecule has 1 amide bonds. The minimum Gasteiger partial charge on any atom is -0.356 e. The minimum absolute atomic E-state index is 0.0727. The summed E-state index contributed by atoms with van der Waals surface area (Å²) >= 11 is 0. The number of anilines is 1. The number of amides is 1. The van der Waals surface area contributed by atoms with Crippen LogP contribution in [0.2, 0.25) is 0 Å².